The summed E-state index contributed by atoms with van der Waals surface area (Å²) in [5.41, 5.74) is 6.28. The SMILES string of the molecule is Cc1cc(C)cc(NC(=O)COC(=O)c2cc(-c3ccc(OCc4ccccc4)cc3)nc3ccccc23)c1. The monoisotopic (exact) mass is 516 g/mol. The fraction of sp³-hybridized carbons (Fsp3) is 0.121. The number of aromatic nitrogens is 1. The van der Waals surface area contributed by atoms with Crippen molar-refractivity contribution in [1.29, 1.82) is 0 Å². The number of amides is 1. The summed E-state index contributed by atoms with van der Waals surface area (Å²) in [5.74, 6) is -0.260. The number of nitrogens with one attached hydrogen (secondary N) is 1. The first-order valence-electron chi connectivity index (χ1n) is 12.7. The van der Waals surface area contributed by atoms with Crippen molar-refractivity contribution in [2.24, 2.45) is 0 Å². The molecule has 0 unspecified atom stereocenters. The van der Waals surface area contributed by atoms with Gasteiger partial charge in [0.15, 0.2) is 6.61 Å². The van der Waals surface area contributed by atoms with Crippen molar-refractivity contribution in [3.63, 3.8) is 0 Å². The number of ether oxygens (including phenoxy) is 2. The molecule has 0 aliphatic heterocycles. The summed E-state index contributed by atoms with van der Waals surface area (Å²) < 4.78 is 11.3. The van der Waals surface area contributed by atoms with E-state index in [1.807, 2.05) is 111 Å². The maximum Gasteiger partial charge on any atom is 0.339 e. The van der Waals surface area contributed by atoms with Crippen LogP contribution in [0, 0.1) is 13.8 Å². The van der Waals surface area contributed by atoms with Crippen LogP contribution in [0.3, 0.4) is 0 Å². The number of fused-ring (bicyclic) bond motifs is 1. The Morgan fingerprint density at radius 3 is 2.23 bits per heavy atom. The molecule has 5 rings (SSSR count). The maximum absolute atomic E-state index is 13.1. The highest BCUT2D eigenvalue weighted by Gasteiger charge is 2.17. The van der Waals surface area contributed by atoms with Crippen LogP contribution in [0.1, 0.15) is 27.0 Å². The van der Waals surface area contributed by atoms with Gasteiger partial charge in [0.25, 0.3) is 5.91 Å². The Balaban J connectivity index is 1.31. The Hall–Kier alpha value is -4.97. The van der Waals surface area contributed by atoms with Crippen molar-refractivity contribution in [3.05, 3.63) is 125 Å². The molecular weight excluding hydrogens is 488 g/mol. The van der Waals surface area contributed by atoms with Crippen molar-refractivity contribution < 1.29 is 19.1 Å². The van der Waals surface area contributed by atoms with Gasteiger partial charge in [-0.15, -0.1) is 0 Å². The van der Waals surface area contributed by atoms with Crippen molar-refractivity contribution >= 4 is 28.5 Å². The number of carbonyl (C=O) groups is 2. The first kappa shape index (κ1) is 25.7. The molecule has 194 valence electrons. The number of anilines is 1. The third-order valence-electron chi connectivity index (χ3n) is 6.17. The second kappa shape index (κ2) is 11.6. The van der Waals surface area contributed by atoms with Gasteiger partial charge in [-0.2, -0.15) is 0 Å². The fourth-order valence-corrected chi connectivity index (χ4v) is 4.41. The lowest BCUT2D eigenvalue weighted by molar-refractivity contribution is -0.119. The highest BCUT2D eigenvalue weighted by Crippen LogP contribution is 2.27. The first-order chi connectivity index (χ1) is 18.9. The number of aryl methyl sites for hydroxylation is 2. The van der Waals surface area contributed by atoms with Crippen molar-refractivity contribution in [2.75, 3.05) is 11.9 Å². The van der Waals surface area contributed by atoms with E-state index in [0.29, 0.717) is 34.5 Å². The predicted octanol–water partition coefficient (Wildman–Crippen LogP) is 6.89. The second-order valence-electron chi connectivity index (χ2n) is 9.37. The molecule has 1 amide bonds. The summed E-state index contributed by atoms with van der Waals surface area (Å²) in [6.07, 6.45) is 0. The molecule has 0 aliphatic rings. The minimum atomic E-state index is -0.590. The zero-order valence-electron chi connectivity index (χ0n) is 21.8. The topological polar surface area (TPSA) is 77.5 Å². The molecule has 1 aromatic heterocycles. The molecule has 1 heterocycles. The highest BCUT2D eigenvalue weighted by atomic mass is 16.5. The van der Waals surface area contributed by atoms with Gasteiger partial charge >= 0.3 is 5.97 Å². The van der Waals surface area contributed by atoms with E-state index in [2.05, 4.69) is 5.32 Å². The van der Waals surface area contributed by atoms with Gasteiger partial charge in [0.2, 0.25) is 0 Å². The summed E-state index contributed by atoms with van der Waals surface area (Å²) in [7, 11) is 0. The van der Waals surface area contributed by atoms with Gasteiger partial charge in [-0.1, -0.05) is 54.6 Å². The Morgan fingerprint density at radius 2 is 1.49 bits per heavy atom. The maximum atomic E-state index is 13.1. The number of hydrogen-bond donors (Lipinski definition) is 1. The number of esters is 1. The van der Waals surface area contributed by atoms with Crippen LogP contribution < -0.4 is 10.1 Å². The molecule has 6 nitrogen and oxygen atoms in total. The van der Waals surface area contributed by atoms with E-state index in [4.69, 9.17) is 14.5 Å². The van der Waals surface area contributed by atoms with Crippen LogP contribution >= 0.6 is 0 Å². The van der Waals surface area contributed by atoms with Gasteiger partial charge in [-0.05, 0) is 79.1 Å². The molecule has 5 aromatic rings. The zero-order chi connectivity index (χ0) is 27.2. The summed E-state index contributed by atoms with van der Waals surface area (Å²) >= 11 is 0. The van der Waals surface area contributed by atoms with E-state index in [1.165, 1.54) is 0 Å². The van der Waals surface area contributed by atoms with Crippen LogP contribution in [-0.4, -0.2) is 23.5 Å². The molecule has 0 fully saturated rings. The van der Waals surface area contributed by atoms with Gasteiger partial charge in [0.1, 0.15) is 12.4 Å². The number of carbonyl (C=O) groups excluding carboxylic acids is 2. The van der Waals surface area contributed by atoms with Crippen molar-refractivity contribution in [2.45, 2.75) is 20.5 Å². The van der Waals surface area contributed by atoms with E-state index in [0.717, 1.165) is 28.0 Å². The molecule has 39 heavy (non-hydrogen) atoms. The molecular formula is C33H28N2O4. The second-order valence-corrected chi connectivity index (χ2v) is 9.37. The van der Waals surface area contributed by atoms with Gasteiger partial charge < -0.3 is 14.8 Å². The van der Waals surface area contributed by atoms with Gasteiger partial charge in [0, 0.05) is 16.6 Å². The van der Waals surface area contributed by atoms with Gasteiger partial charge in [-0.25, -0.2) is 9.78 Å². The summed E-state index contributed by atoms with van der Waals surface area (Å²) in [5, 5.41) is 3.45. The van der Waals surface area contributed by atoms with Crippen molar-refractivity contribution in [1.82, 2.24) is 4.98 Å². The van der Waals surface area contributed by atoms with E-state index in [-0.39, 0.29) is 0 Å². The summed E-state index contributed by atoms with van der Waals surface area (Å²) in [6.45, 7) is 3.99. The lowest BCUT2D eigenvalue weighted by Gasteiger charge is -2.11. The molecule has 0 saturated carbocycles. The third-order valence-corrected chi connectivity index (χ3v) is 6.17. The largest absolute Gasteiger partial charge is 0.489 e. The van der Waals surface area contributed by atoms with E-state index >= 15 is 0 Å². The van der Waals surface area contributed by atoms with Crippen LogP contribution in [0.2, 0.25) is 0 Å². The van der Waals surface area contributed by atoms with E-state index in [9.17, 15) is 9.59 Å². The molecule has 0 aliphatic carbocycles. The Labute approximate surface area is 227 Å². The van der Waals surface area contributed by atoms with E-state index in [1.54, 1.807) is 6.07 Å². The molecule has 1 N–H and O–H groups in total. The smallest absolute Gasteiger partial charge is 0.339 e. The standard InChI is InChI=1S/C33H28N2O4/c1-22-16-23(2)18-26(17-22)34-32(36)21-39-33(37)29-19-31(35-30-11-7-6-10-28(29)30)25-12-14-27(15-13-25)38-20-24-8-4-3-5-9-24/h3-19H,20-21H2,1-2H3,(H,34,36). The van der Waals surface area contributed by atoms with Crippen LogP contribution in [0.25, 0.3) is 22.2 Å². The quantitative estimate of drug-likeness (QED) is 0.227. The fourth-order valence-electron chi connectivity index (χ4n) is 4.41. The summed E-state index contributed by atoms with van der Waals surface area (Å²) in [6, 6.07) is 32.4. The molecule has 0 spiro atoms. The number of rotatable bonds is 8. The first-order valence-corrected chi connectivity index (χ1v) is 12.7. The van der Waals surface area contributed by atoms with Gasteiger partial charge in [0.05, 0.1) is 16.8 Å². The summed E-state index contributed by atoms with van der Waals surface area (Å²) in [4.78, 5) is 30.4. The lowest BCUT2D eigenvalue weighted by Crippen LogP contribution is -2.21. The molecule has 0 atom stereocenters. The minimum absolute atomic E-state index is 0.346. The Kier molecular flexibility index (Phi) is 7.64. The average molecular weight is 517 g/mol. The highest BCUT2D eigenvalue weighted by molar-refractivity contribution is 6.05. The lowest BCUT2D eigenvalue weighted by atomic mass is 10.0. The normalized spacial score (nSPS) is 10.7. The van der Waals surface area contributed by atoms with E-state index < -0.39 is 18.5 Å². The van der Waals surface area contributed by atoms with Crippen LogP contribution in [0.5, 0.6) is 5.75 Å². The molecule has 0 saturated heterocycles. The number of hydrogen-bond acceptors (Lipinski definition) is 5. The zero-order valence-corrected chi connectivity index (χ0v) is 21.8. The van der Waals surface area contributed by atoms with Crippen molar-refractivity contribution in [3.8, 4) is 17.0 Å². The number of pyridine rings is 1. The number of benzene rings is 4. The van der Waals surface area contributed by atoms with Gasteiger partial charge in [-0.3, -0.25) is 4.79 Å². The molecule has 0 bridgehead atoms. The molecule has 0 radical (unpaired) electrons. The third kappa shape index (κ3) is 6.48. The van der Waals surface area contributed by atoms with Crippen LogP contribution in [0.15, 0.2) is 103 Å². The van der Waals surface area contributed by atoms with Crippen LogP contribution in [-0.2, 0) is 16.1 Å². The number of nitrogens with zero attached hydrogens (tertiary/aromatic N) is 1. The number of para-hydroxylation sites is 1. The van der Waals surface area contributed by atoms with Crippen LogP contribution in [0.4, 0.5) is 5.69 Å². The minimum Gasteiger partial charge on any atom is -0.489 e. The average Bonchev–Trinajstić information content (AvgIpc) is 2.94. The molecule has 6 heteroatoms. The predicted molar refractivity (Wildman–Crippen MR) is 153 cm³/mol. The molecule has 4 aromatic carbocycles. The Morgan fingerprint density at radius 1 is 0.795 bits per heavy atom. The Bertz CT molecular complexity index is 1610.